The van der Waals surface area contributed by atoms with Crippen LogP contribution in [0.5, 0.6) is 0 Å². The van der Waals surface area contributed by atoms with Gasteiger partial charge in [0.1, 0.15) is 0 Å². The fourth-order valence-corrected chi connectivity index (χ4v) is 3.34. The number of halogens is 1. The zero-order chi connectivity index (χ0) is 13.5. The van der Waals surface area contributed by atoms with Crippen molar-refractivity contribution in [2.24, 2.45) is 0 Å². The normalized spacial score (nSPS) is 16.6. The molecule has 1 heteroatoms. The van der Waals surface area contributed by atoms with Crippen molar-refractivity contribution in [3.05, 3.63) is 87.9 Å². The van der Waals surface area contributed by atoms with Crippen LogP contribution in [0.15, 0.2) is 71.2 Å². The highest BCUT2D eigenvalue weighted by Gasteiger charge is 2.19. The Kier molecular flexibility index (Phi) is 2.75. The number of allylic oxidation sites excluding steroid dienone is 1. The number of fused-ring (bicyclic) bond motifs is 2. The molecule has 0 N–H and O–H groups in total. The van der Waals surface area contributed by atoms with E-state index < -0.39 is 0 Å². The van der Waals surface area contributed by atoms with Crippen LogP contribution in [0.4, 0.5) is 0 Å². The molecule has 0 bridgehead atoms. The maximum Gasteiger partial charge on any atom is 0.0279 e. The smallest absolute Gasteiger partial charge is 0.0279 e. The van der Waals surface area contributed by atoms with E-state index in [0.717, 1.165) is 4.47 Å². The second-order valence-electron chi connectivity index (χ2n) is 5.22. The molecule has 4 rings (SSSR count). The predicted molar refractivity (Wildman–Crippen MR) is 89.0 cm³/mol. The number of hydrogen-bond acceptors (Lipinski definition) is 0. The van der Waals surface area contributed by atoms with Gasteiger partial charge in [0.25, 0.3) is 0 Å². The Morgan fingerprint density at radius 2 is 1.65 bits per heavy atom. The fourth-order valence-electron chi connectivity index (χ4n) is 2.96. The number of hydrogen-bond donors (Lipinski definition) is 0. The molecule has 0 aromatic heterocycles. The van der Waals surface area contributed by atoms with Crippen molar-refractivity contribution >= 4 is 32.8 Å². The van der Waals surface area contributed by atoms with Gasteiger partial charge in [0, 0.05) is 10.4 Å². The summed E-state index contributed by atoms with van der Waals surface area (Å²) in [6.07, 6.45) is 4.52. The molecule has 0 saturated heterocycles. The summed E-state index contributed by atoms with van der Waals surface area (Å²) in [5.74, 6) is 0.368. The summed E-state index contributed by atoms with van der Waals surface area (Å²) in [6.45, 7) is 0. The lowest BCUT2D eigenvalue weighted by molar-refractivity contribution is 1.05. The molecule has 0 spiro atoms. The van der Waals surface area contributed by atoms with E-state index in [-0.39, 0.29) is 0 Å². The first-order valence-corrected chi connectivity index (χ1v) is 7.57. The first kappa shape index (κ1) is 11.9. The maximum absolute atomic E-state index is 3.58. The van der Waals surface area contributed by atoms with Gasteiger partial charge in [-0.05, 0) is 39.6 Å². The fraction of sp³-hybridized carbons (Fsp3) is 0.0526. The highest BCUT2D eigenvalue weighted by Crippen LogP contribution is 2.37. The van der Waals surface area contributed by atoms with Gasteiger partial charge in [-0.25, -0.2) is 0 Å². The van der Waals surface area contributed by atoms with Gasteiger partial charge >= 0.3 is 0 Å². The van der Waals surface area contributed by atoms with Crippen LogP contribution in [0.1, 0.15) is 22.6 Å². The summed E-state index contributed by atoms with van der Waals surface area (Å²) in [5.41, 5.74) is 4.07. The molecule has 3 aromatic carbocycles. The zero-order valence-corrected chi connectivity index (χ0v) is 12.5. The van der Waals surface area contributed by atoms with E-state index in [4.69, 9.17) is 0 Å². The first-order valence-electron chi connectivity index (χ1n) is 6.78. The highest BCUT2D eigenvalue weighted by molar-refractivity contribution is 9.10. The Bertz CT molecular complexity index is 830. The Labute approximate surface area is 126 Å². The molecule has 1 aliphatic carbocycles. The van der Waals surface area contributed by atoms with Gasteiger partial charge in [0.15, 0.2) is 0 Å². The van der Waals surface area contributed by atoms with Crippen LogP contribution >= 0.6 is 15.9 Å². The van der Waals surface area contributed by atoms with E-state index in [2.05, 4.69) is 88.7 Å². The van der Waals surface area contributed by atoms with Crippen molar-refractivity contribution in [3.8, 4) is 0 Å². The molecule has 0 radical (unpaired) electrons. The van der Waals surface area contributed by atoms with Crippen molar-refractivity contribution in [2.45, 2.75) is 5.92 Å². The van der Waals surface area contributed by atoms with Crippen LogP contribution in [-0.4, -0.2) is 0 Å². The Hall–Kier alpha value is -1.86. The van der Waals surface area contributed by atoms with Gasteiger partial charge in [-0.2, -0.15) is 0 Å². The lowest BCUT2D eigenvalue weighted by Gasteiger charge is -2.13. The summed E-state index contributed by atoms with van der Waals surface area (Å²) < 4.78 is 1.14. The van der Waals surface area contributed by atoms with Crippen molar-refractivity contribution in [2.75, 3.05) is 0 Å². The van der Waals surface area contributed by atoms with Crippen LogP contribution in [0.3, 0.4) is 0 Å². The van der Waals surface area contributed by atoms with Crippen LogP contribution in [-0.2, 0) is 0 Å². The topological polar surface area (TPSA) is 0 Å². The summed E-state index contributed by atoms with van der Waals surface area (Å²) in [6, 6.07) is 21.8. The van der Waals surface area contributed by atoms with Crippen molar-refractivity contribution in [1.82, 2.24) is 0 Å². The number of benzene rings is 3. The average molecular weight is 321 g/mol. The lowest BCUT2D eigenvalue weighted by atomic mass is 9.91. The Morgan fingerprint density at radius 1 is 0.800 bits per heavy atom. The molecule has 3 aromatic rings. The van der Waals surface area contributed by atoms with Gasteiger partial charge in [0.2, 0.25) is 0 Å². The highest BCUT2D eigenvalue weighted by atomic mass is 79.9. The van der Waals surface area contributed by atoms with Crippen molar-refractivity contribution in [1.29, 1.82) is 0 Å². The molecular weight excluding hydrogens is 308 g/mol. The first-order chi connectivity index (χ1) is 9.81. The molecule has 20 heavy (non-hydrogen) atoms. The molecule has 1 atom stereocenters. The molecule has 1 aliphatic rings. The minimum Gasteiger partial charge on any atom is -0.0720 e. The maximum atomic E-state index is 3.58. The molecule has 0 fully saturated rings. The van der Waals surface area contributed by atoms with Gasteiger partial charge in [-0.15, -0.1) is 0 Å². The van der Waals surface area contributed by atoms with Gasteiger partial charge in [-0.3, -0.25) is 0 Å². The molecule has 0 aliphatic heterocycles. The van der Waals surface area contributed by atoms with Crippen LogP contribution in [0.2, 0.25) is 0 Å². The Balaban J connectivity index is 1.85. The minimum atomic E-state index is 0.368. The van der Waals surface area contributed by atoms with E-state index in [0.29, 0.717) is 5.92 Å². The second kappa shape index (κ2) is 4.60. The molecule has 0 saturated carbocycles. The van der Waals surface area contributed by atoms with E-state index in [1.54, 1.807) is 0 Å². The van der Waals surface area contributed by atoms with Crippen molar-refractivity contribution in [3.63, 3.8) is 0 Å². The number of rotatable bonds is 1. The summed E-state index contributed by atoms with van der Waals surface area (Å²) in [7, 11) is 0. The molecule has 0 amide bonds. The Morgan fingerprint density at radius 3 is 2.55 bits per heavy atom. The summed E-state index contributed by atoms with van der Waals surface area (Å²) >= 11 is 3.58. The third kappa shape index (κ3) is 1.90. The van der Waals surface area contributed by atoms with Gasteiger partial charge < -0.3 is 0 Å². The predicted octanol–water partition coefficient (Wildman–Crippen LogP) is 5.76. The van der Waals surface area contributed by atoms with Gasteiger partial charge in [0.05, 0.1) is 0 Å². The third-order valence-electron chi connectivity index (χ3n) is 3.98. The molecule has 1 unspecified atom stereocenters. The van der Waals surface area contributed by atoms with Crippen molar-refractivity contribution < 1.29 is 0 Å². The molecule has 0 heterocycles. The molecular formula is C19H13Br. The summed E-state index contributed by atoms with van der Waals surface area (Å²) in [5, 5.41) is 2.61. The van der Waals surface area contributed by atoms with E-state index in [1.807, 2.05) is 0 Å². The van der Waals surface area contributed by atoms with Crippen LogP contribution < -0.4 is 0 Å². The van der Waals surface area contributed by atoms with Crippen LogP contribution in [0.25, 0.3) is 16.8 Å². The van der Waals surface area contributed by atoms with E-state index in [9.17, 15) is 0 Å². The lowest BCUT2D eigenvalue weighted by Crippen LogP contribution is -1.96. The van der Waals surface area contributed by atoms with E-state index in [1.165, 1.54) is 27.5 Å². The minimum absolute atomic E-state index is 0.368. The third-order valence-corrected chi connectivity index (χ3v) is 4.48. The average Bonchev–Trinajstić information content (AvgIpc) is 2.89. The van der Waals surface area contributed by atoms with Gasteiger partial charge in [-0.1, -0.05) is 76.6 Å². The quantitative estimate of drug-likeness (QED) is 0.534. The second-order valence-corrected chi connectivity index (χ2v) is 6.13. The van der Waals surface area contributed by atoms with E-state index >= 15 is 0 Å². The summed E-state index contributed by atoms with van der Waals surface area (Å²) in [4.78, 5) is 0. The molecule has 0 nitrogen and oxygen atoms in total. The SMILES string of the molecule is Brc1ccc2c(c1)C(c1ccc3ccccc3c1)C=C2. The zero-order valence-electron chi connectivity index (χ0n) is 10.9. The monoisotopic (exact) mass is 320 g/mol. The molecule has 96 valence electrons. The standard InChI is InChI=1S/C19H13Br/c20-17-9-7-14-8-10-18(19(14)12-17)16-6-5-13-3-1-2-4-15(13)11-16/h1-12,18H. The van der Waals surface area contributed by atoms with Crippen LogP contribution in [0, 0.1) is 0 Å². The largest absolute Gasteiger partial charge is 0.0720 e.